The zero-order valence-corrected chi connectivity index (χ0v) is 12.4. The van der Waals surface area contributed by atoms with Gasteiger partial charge in [0, 0.05) is 19.3 Å². The number of hydrogen-bond acceptors (Lipinski definition) is 3. The van der Waals surface area contributed by atoms with E-state index in [0.717, 1.165) is 31.8 Å². The molecule has 19 heavy (non-hydrogen) atoms. The molecule has 108 valence electrons. The lowest BCUT2D eigenvalue weighted by atomic mass is 10.1. The summed E-state index contributed by atoms with van der Waals surface area (Å²) in [6.45, 7) is 8.66. The number of likely N-dealkylation sites (tertiary alicyclic amines) is 1. The standard InChI is InChI=1S/C15H28N4/c1-3-15(4-2)19-10-7-14(17-19)12-18-9-6-13(11-18)5-8-16/h7,10,13,15H,3-6,8-9,11-12,16H2,1-2H3. The number of nitrogens with zero attached hydrogens (tertiary/aromatic N) is 3. The molecule has 2 heterocycles. The highest BCUT2D eigenvalue weighted by molar-refractivity contribution is 5.00. The van der Waals surface area contributed by atoms with Crippen molar-refractivity contribution in [3.63, 3.8) is 0 Å². The van der Waals surface area contributed by atoms with Crippen LogP contribution in [0.3, 0.4) is 0 Å². The number of rotatable bonds is 7. The molecule has 1 unspecified atom stereocenters. The summed E-state index contributed by atoms with van der Waals surface area (Å²) in [5.74, 6) is 0.797. The molecular formula is C15H28N4. The maximum atomic E-state index is 5.64. The molecule has 2 rings (SSSR count). The normalized spacial score (nSPS) is 20.5. The Morgan fingerprint density at radius 1 is 1.42 bits per heavy atom. The second-order valence-electron chi connectivity index (χ2n) is 5.72. The smallest absolute Gasteiger partial charge is 0.0764 e. The molecule has 4 nitrogen and oxygen atoms in total. The second-order valence-corrected chi connectivity index (χ2v) is 5.72. The van der Waals surface area contributed by atoms with Gasteiger partial charge in [-0.1, -0.05) is 13.8 Å². The fourth-order valence-electron chi connectivity index (χ4n) is 3.08. The molecule has 1 aliphatic rings. The van der Waals surface area contributed by atoms with Crippen LogP contribution in [0, 0.1) is 5.92 Å². The molecule has 1 aliphatic heterocycles. The molecule has 1 fully saturated rings. The van der Waals surface area contributed by atoms with E-state index < -0.39 is 0 Å². The van der Waals surface area contributed by atoms with Crippen LogP contribution in [0.15, 0.2) is 12.3 Å². The molecule has 1 atom stereocenters. The van der Waals surface area contributed by atoms with Crippen molar-refractivity contribution >= 4 is 0 Å². The summed E-state index contributed by atoms with van der Waals surface area (Å²) < 4.78 is 2.14. The zero-order chi connectivity index (χ0) is 13.7. The SMILES string of the molecule is CCC(CC)n1ccc(CN2CCC(CCN)C2)n1. The first-order valence-corrected chi connectivity index (χ1v) is 7.73. The van der Waals surface area contributed by atoms with E-state index >= 15 is 0 Å². The van der Waals surface area contributed by atoms with Gasteiger partial charge in [0.25, 0.3) is 0 Å². The van der Waals surface area contributed by atoms with Gasteiger partial charge in [-0.15, -0.1) is 0 Å². The summed E-state index contributed by atoms with van der Waals surface area (Å²) in [5.41, 5.74) is 6.85. The van der Waals surface area contributed by atoms with Crippen LogP contribution < -0.4 is 5.73 Å². The Bertz CT molecular complexity index is 370. The summed E-state index contributed by atoms with van der Waals surface area (Å²) >= 11 is 0. The Hall–Kier alpha value is -0.870. The highest BCUT2D eigenvalue weighted by atomic mass is 15.3. The Labute approximate surface area is 117 Å². The van der Waals surface area contributed by atoms with Gasteiger partial charge in [-0.3, -0.25) is 9.58 Å². The molecule has 1 saturated heterocycles. The van der Waals surface area contributed by atoms with Crippen molar-refractivity contribution in [3.05, 3.63) is 18.0 Å². The van der Waals surface area contributed by atoms with Crippen LogP contribution in [0.2, 0.25) is 0 Å². The third kappa shape index (κ3) is 3.80. The van der Waals surface area contributed by atoms with Gasteiger partial charge in [0.15, 0.2) is 0 Å². The third-order valence-electron chi connectivity index (χ3n) is 4.31. The maximum absolute atomic E-state index is 5.64. The van der Waals surface area contributed by atoms with Gasteiger partial charge in [0.2, 0.25) is 0 Å². The summed E-state index contributed by atoms with van der Waals surface area (Å²) in [4.78, 5) is 2.51. The molecular weight excluding hydrogens is 236 g/mol. The lowest BCUT2D eigenvalue weighted by Gasteiger charge is -2.15. The van der Waals surface area contributed by atoms with E-state index in [1.54, 1.807) is 0 Å². The molecule has 4 heteroatoms. The quantitative estimate of drug-likeness (QED) is 0.822. The first-order chi connectivity index (χ1) is 9.26. The van der Waals surface area contributed by atoms with Crippen LogP contribution in [0.4, 0.5) is 0 Å². The van der Waals surface area contributed by atoms with Crippen LogP contribution in [-0.4, -0.2) is 34.3 Å². The van der Waals surface area contributed by atoms with Crippen LogP contribution in [0.5, 0.6) is 0 Å². The number of aromatic nitrogens is 2. The van der Waals surface area contributed by atoms with E-state index in [1.807, 2.05) is 0 Å². The minimum atomic E-state index is 0.553. The Balaban J connectivity index is 1.87. The second kappa shape index (κ2) is 7.06. The van der Waals surface area contributed by atoms with Gasteiger partial charge in [0.1, 0.15) is 0 Å². The lowest BCUT2D eigenvalue weighted by Crippen LogP contribution is -2.21. The van der Waals surface area contributed by atoms with Gasteiger partial charge in [-0.25, -0.2) is 0 Å². The van der Waals surface area contributed by atoms with E-state index in [4.69, 9.17) is 10.8 Å². The summed E-state index contributed by atoms with van der Waals surface area (Å²) in [5, 5.41) is 4.74. The lowest BCUT2D eigenvalue weighted by molar-refractivity contribution is 0.307. The predicted octanol–water partition coefficient (Wildman–Crippen LogP) is 2.41. The highest BCUT2D eigenvalue weighted by Crippen LogP contribution is 2.21. The third-order valence-corrected chi connectivity index (χ3v) is 4.31. The minimum absolute atomic E-state index is 0.553. The molecule has 2 N–H and O–H groups in total. The summed E-state index contributed by atoms with van der Waals surface area (Å²) in [6, 6.07) is 2.73. The van der Waals surface area contributed by atoms with E-state index in [-0.39, 0.29) is 0 Å². The van der Waals surface area contributed by atoms with Crippen molar-refractivity contribution in [3.8, 4) is 0 Å². The predicted molar refractivity (Wildman–Crippen MR) is 78.9 cm³/mol. The average molecular weight is 264 g/mol. The molecule has 0 aromatic carbocycles. The number of hydrogen-bond donors (Lipinski definition) is 1. The zero-order valence-electron chi connectivity index (χ0n) is 12.4. The van der Waals surface area contributed by atoms with Crippen molar-refractivity contribution < 1.29 is 0 Å². The van der Waals surface area contributed by atoms with Crippen molar-refractivity contribution in [1.82, 2.24) is 14.7 Å². The van der Waals surface area contributed by atoms with E-state index in [0.29, 0.717) is 6.04 Å². The van der Waals surface area contributed by atoms with Crippen LogP contribution >= 0.6 is 0 Å². The average Bonchev–Trinajstić information content (AvgIpc) is 3.02. The molecule has 1 aromatic heterocycles. The van der Waals surface area contributed by atoms with Gasteiger partial charge >= 0.3 is 0 Å². The fraction of sp³-hybridized carbons (Fsp3) is 0.800. The van der Waals surface area contributed by atoms with E-state index in [1.165, 1.54) is 31.6 Å². The van der Waals surface area contributed by atoms with Crippen molar-refractivity contribution in [2.75, 3.05) is 19.6 Å². The molecule has 0 saturated carbocycles. The van der Waals surface area contributed by atoms with Gasteiger partial charge < -0.3 is 5.73 Å². The fourth-order valence-corrected chi connectivity index (χ4v) is 3.08. The largest absolute Gasteiger partial charge is 0.330 e. The maximum Gasteiger partial charge on any atom is 0.0764 e. The topological polar surface area (TPSA) is 47.1 Å². The molecule has 0 bridgehead atoms. The van der Waals surface area contributed by atoms with Crippen LogP contribution in [-0.2, 0) is 6.54 Å². The first-order valence-electron chi connectivity index (χ1n) is 7.73. The first kappa shape index (κ1) is 14.5. The molecule has 0 aliphatic carbocycles. The highest BCUT2D eigenvalue weighted by Gasteiger charge is 2.22. The van der Waals surface area contributed by atoms with Crippen molar-refractivity contribution in [2.45, 2.75) is 52.1 Å². The van der Waals surface area contributed by atoms with Crippen LogP contribution in [0.25, 0.3) is 0 Å². The van der Waals surface area contributed by atoms with Crippen molar-refractivity contribution in [2.24, 2.45) is 11.7 Å². The monoisotopic (exact) mass is 264 g/mol. The summed E-state index contributed by atoms with van der Waals surface area (Å²) in [7, 11) is 0. The van der Waals surface area contributed by atoms with Gasteiger partial charge in [-0.2, -0.15) is 5.10 Å². The Morgan fingerprint density at radius 3 is 2.89 bits per heavy atom. The number of nitrogens with two attached hydrogens (primary N) is 1. The minimum Gasteiger partial charge on any atom is -0.330 e. The van der Waals surface area contributed by atoms with Gasteiger partial charge in [-0.05, 0) is 50.8 Å². The van der Waals surface area contributed by atoms with Gasteiger partial charge in [0.05, 0.1) is 11.7 Å². The van der Waals surface area contributed by atoms with E-state index in [9.17, 15) is 0 Å². The molecule has 0 amide bonds. The molecule has 0 spiro atoms. The Morgan fingerprint density at radius 2 is 2.21 bits per heavy atom. The van der Waals surface area contributed by atoms with E-state index in [2.05, 4.69) is 35.7 Å². The van der Waals surface area contributed by atoms with Crippen LogP contribution in [0.1, 0.15) is 51.3 Å². The van der Waals surface area contributed by atoms with Crippen molar-refractivity contribution in [1.29, 1.82) is 0 Å². The molecule has 1 aromatic rings. The molecule has 0 radical (unpaired) electrons. The summed E-state index contributed by atoms with van der Waals surface area (Å²) in [6.07, 6.45) is 6.91. The Kier molecular flexibility index (Phi) is 5.40.